The average molecular weight is 121 g/mol. The van der Waals surface area contributed by atoms with Crippen LogP contribution in [0.2, 0.25) is 6.32 Å². The van der Waals surface area contributed by atoms with E-state index in [4.69, 9.17) is 0 Å². The van der Waals surface area contributed by atoms with Crippen molar-refractivity contribution in [1.82, 2.24) is 0 Å². The van der Waals surface area contributed by atoms with Crippen LogP contribution in [-0.2, 0) is 0 Å². The van der Waals surface area contributed by atoms with E-state index in [-0.39, 0.29) is 0 Å². The summed E-state index contributed by atoms with van der Waals surface area (Å²) in [5.74, 6) is 1.57. The highest BCUT2D eigenvalue weighted by Crippen LogP contribution is 2.28. The summed E-state index contributed by atoms with van der Waals surface area (Å²) in [4.78, 5) is 0. The van der Waals surface area contributed by atoms with Crippen LogP contribution in [0.15, 0.2) is 12.1 Å². The molecule has 0 saturated carbocycles. The second kappa shape index (κ2) is 2.59. The van der Waals surface area contributed by atoms with Gasteiger partial charge in [-0.2, -0.15) is 0 Å². The molecule has 1 saturated heterocycles. The van der Waals surface area contributed by atoms with Gasteiger partial charge in [0.1, 0.15) is 7.28 Å². The molecule has 1 rings (SSSR count). The quantitative estimate of drug-likeness (QED) is 0.431. The molecule has 0 aromatic heterocycles. The van der Waals surface area contributed by atoms with E-state index in [9.17, 15) is 0 Å². The third kappa shape index (κ3) is 1.38. The Morgan fingerprint density at radius 3 is 2.67 bits per heavy atom. The summed E-state index contributed by atoms with van der Waals surface area (Å²) in [6.07, 6.45) is 2.59. The Hall–Kier alpha value is -0.195. The Morgan fingerprint density at radius 1 is 1.56 bits per heavy atom. The van der Waals surface area contributed by atoms with Crippen molar-refractivity contribution in [1.29, 1.82) is 0 Å². The van der Waals surface area contributed by atoms with Gasteiger partial charge in [0, 0.05) is 0 Å². The predicted octanol–water partition coefficient (Wildman–Crippen LogP) is 2.30. The Bertz CT molecular complexity index is 118. The van der Waals surface area contributed by atoms with Gasteiger partial charge in [-0.15, -0.1) is 12.1 Å². The maximum atomic E-state index is 3.99. The monoisotopic (exact) mass is 121 g/mol. The van der Waals surface area contributed by atoms with Crippen molar-refractivity contribution in [3.63, 3.8) is 0 Å². The molecular weight excluding hydrogens is 107 g/mol. The summed E-state index contributed by atoms with van der Waals surface area (Å²) in [5.41, 5.74) is 1.34. The largest absolute Gasteiger partial charge is 0.145 e. The van der Waals surface area contributed by atoms with Crippen molar-refractivity contribution < 1.29 is 0 Å². The standard InChI is InChI=1S/C8H14B/c1-6-4-5-9-8(3)7(6)2/h6-7H,3-5H2,1-2H3. The number of allylic oxidation sites excluding steroid dienone is 1. The smallest absolute Gasteiger partial charge is 0.113 e. The average Bonchev–Trinajstić information content (AvgIpc) is 1.83. The van der Waals surface area contributed by atoms with Crippen molar-refractivity contribution in [3.8, 4) is 0 Å². The van der Waals surface area contributed by atoms with Crippen LogP contribution in [0.1, 0.15) is 20.3 Å². The summed E-state index contributed by atoms with van der Waals surface area (Å²) in [7, 11) is 2.27. The Balaban J connectivity index is 2.51. The van der Waals surface area contributed by atoms with Crippen LogP contribution in [0.3, 0.4) is 0 Å². The van der Waals surface area contributed by atoms with Crippen LogP contribution < -0.4 is 0 Å². The third-order valence-corrected chi connectivity index (χ3v) is 2.47. The van der Waals surface area contributed by atoms with Crippen molar-refractivity contribution >= 4 is 7.28 Å². The fraction of sp³-hybridized carbons (Fsp3) is 0.750. The molecule has 9 heavy (non-hydrogen) atoms. The van der Waals surface area contributed by atoms with Gasteiger partial charge in [0.05, 0.1) is 0 Å². The van der Waals surface area contributed by atoms with Gasteiger partial charge in [-0.3, -0.25) is 0 Å². The first-order chi connectivity index (χ1) is 4.22. The lowest BCUT2D eigenvalue weighted by molar-refractivity contribution is 0.426. The fourth-order valence-corrected chi connectivity index (χ4v) is 1.33. The van der Waals surface area contributed by atoms with Gasteiger partial charge < -0.3 is 0 Å². The van der Waals surface area contributed by atoms with Gasteiger partial charge >= 0.3 is 0 Å². The summed E-state index contributed by atoms with van der Waals surface area (Å²) in [6, 6.07) is 0. The maximum absolute atomic E-state index is 3.99. The molecule has 1 aliphatic rings. The first-order valence-electron chi connectivity index (χ1n) is 3.74. The van der Waals surface area contributed by atoms with Gasteiger partial charge in [0.15, 0.2) is 0 Å². The predicted molar refractivity (Wildman–Crippen MR) is 42.6 cm³/mol. The summed E-state index contributed by atoms with van der Waals surface area (Å²) < 4.78 is 0. The molecule has 1 heterocycles. The van der Waals surface area contributed by atoms with Crippen LogP contribution in [0.25, 0.3) is 0 Å². The second-order valence-corrected chi connectivity index (χ2v) is 3.12. The highest BCUT2D eigenvalue weighted by Gasteiger charge is 2.19. The molecule has 0 N–H and O–H groups in total. The third-order valence-electron chi connectivity index (χ3n) is 2.47. The van der Waals surface area contributed by atoms with Gasteiger partial charge in [-0.1, -0.05) is 26.6 Å². The minimum absolute atomic E-state index is 0.721. The van der Waals surface area contributed by atoms with Crippen molar-refractivity contribution in [3.05, 3.63) is 12.1 Å². The molecule has 1 fully saturated rings. The van der Waals surface area contributed by atoms with Crippen molar-refractivity contribution in [2.45, 2.75) is 26.6 Å². The molecule has 2 unspecified atom stereocenters. The van der Waals surface area contributed by atoms with Gasteiger partial charge in [-0.25, -0.2) is 0 Å². The van der Waals surface area contributed by atoms with Crippen LogP contribution in [0.5, 0.6) is 0 Å². The van der Waals surface area contributed by atoms with Gasteiger partial charge in [-0.05, 0) is 11.8 Å². The van der Waals surface area contributed by atoms with Crippen LogP contribution in [0, 0.1) is 11.8 Å². The van der Waals surface area contributed by atoms with Crippen LogP contribution in [-0.4, -0.2) is 7.28 Å². The van der Waals surface area contributed by atoms with Gasteiger partial charge in [0.2, 0.25) is 0 Å². The minimum atomic E-state index is 0.721. The molecule has 2 atom stereocenters. The van der Waals surface area contributed by atoms with E-state index in [1.807, 2.05) is 0 Å². The summed E-state index contributed by atoms with van der Waals surface area (Å²) in [6.45, 7) is 8.56. The SMILES string of the molecule is C=C1[B]CCC(C)C1C. The molecule has 0 bridgehead atoms. The molecule has 0 spiro atoms. The highest BCUT2D eigenvalue weighted by atomic mass is 14.2. The lowest BCUT2D eigenvalue weighted by Crippen LogP contribution is -2.20. The molecule has 1 aliphatic heterocycles. The van der Waals surface area contributed by atoms with Gasteiger partial charge in [0.25, 0.3) is 0 Å². The Kier molecular flexibility index (Phi) is 1.99. The minimum Gasteiger partial charge on any atom is -0.113 e. The zero-order valence-corrected chi connectivity index (χ0v) is 6.35. The van der Waals surface area contributed by atoms with E-state index in [2.05, 4.69) is 27.7 Å². The zero-order valence-electron chi connectivity index (χ0n) is 6.35. The molecule has 0 aromatic carbocycles. The second-order valence-electron chi connectivity index (χ2n) is 3.12. The molecular formula is C8H14B. The van der Waals surface area contributed by atoms with E-state index in [1.54, 1.807) is 0 Å². The topological polar surface area (TPSA) is 0 Å². The van der Waals surface area contributed by atoms with E-state index in [0.717, 1.165) is 11.8 Å². The Morgan fingerprint density at radius 2 is 2.22 bits per heavy atom. The number of hydrogen-bond acceptors (Lipinski definition) is 0. The number of hydrogen-bond donors (Lipinski definition) is 0. The molecule has 0 aliphatic carbocycles. The molecule has 0 nitrogen and oxygen atoms in total. The van der Waals surface area contributed by atoms with E-state index >= 15 is 0 Å². The van der Waals surface area contributed by atoms with Crippen molar-refractivity contribution in [2.24, 2.45) is 11.8 Å². The molecule has 0 aromatic rings. The molecule has 0 amide bonds. The van der Waals surface area contributed by atoms with Crippen LogP contribution >= 0.6 is 0 Å². The van der Waals surface area contributed by atoms with E-state index in [1.165, 1.54) is 18.2 Å². The number of rotatable bonds is 0. The molecule has 49 valence electrons. The lowest BCUT2D eigenvalue weighted by atomic mass is 9.54. The lowest BCUT2D eigenvalue weighted by Gasteiger charge is -2.26. The summed E-state index contributed by atoms with van der Waals surface area (Å²) in [5, 5.41) is 0. The maximum Gasteiger partial charge on any atom is 0.145 e. The first-order valence-corrected chi connectivity index (χ1v) is 3.74. The highest BCUT2D eigenvalue weighted by molar-refractivity contribution is 6.45. The normalized spacial score (nSPS) is 36.0. The van der Waals surface area contributed by atoms with E-state index < -0.39 is 0 Å². The van der Waals surface area contributed by atoms with Crippen molar-refractivity contribution in [2.75, 3.05) is 0 Å². The van der Waals surface area contributed by atoms with Crippen LogP contribution in [0.4, 0.5) is 0 Å². The van der Waals surface area contributed by atoms with E-state index in [0.29, 0.717) is 0 Å². The molecule has 1 radical (unpaired) electrons. The Labute approximate surface area is 58.6 Å². The first kappa shape index (κ1) is 6.92. The fourth-order valence-electron chi connectivity index (χ4n) is 1.33. The summed E-state index contributed by atoms with van der Waals surface area (Å²) >= 11 is 0. The zero-order chi connectivity index (χ0) is 6.85. The molecule has 1 heteroatoms.